The van der Waals surface area contributed by atoms with Gasteiger partial charge in [0, 0.05) is 31.5 Å². The summed E-state index contributed by atoms with van der Waals surface area (Å²) in [5, 5.41) is 3.39. The molecule has 0 bridgehead atoms. The van der Waals surface area contributed by atoms with E-state index in [1.807, 2.05) is 42.5 Å². The fourth-order valence-corrected chi connectivity index (χ4v) is 3.97. The molecule has 1 atom stereocenters. The topological polar surface area (TPSA) is 49.4 Å². The molecule has 0 heterocycles. The van der Waals surface area contributed by atoms with Crippen molar-refractivity contribution in [3.8, 4) is 0 Å². The van der Waals surface area contributed by atoms with E-state index in [1.165, 1.54) is 5.56 Å². The van der Waals surface area contributed by atoms with Gasteiger partial charge in [0.25, 0.3) is 0 Å². The Morgan fingerprint density at radius 2 is 1.45 bits per heavy atom. The summed E-state index contributed by atoms with van der Waals surface area (Å²) in [5.41, 5.74) is 4.33. The molecule has 0 fully saturated rings. The van der Waals surface area contributed by atoms with Gasteiger partial charge in [0.15, 0.2) is 0 Å². The minimum atomic E-state index is -0.608. The number of rotatable bonds is 10. The summed E-state index contributed by atoms with van der Waals surface area (Å²) in [5.74, 6) is -0.220. The molecule has 0 aliphatic rings. The highest BCUT2D eigenvalue weighted by atomic mass is 35.5. The smallest absolute Gasteiger partial charge is 0.242 e. The Labute approximate surface area is 201 Å². The van der Waals surface area contributed by atoms with E-state index in [0.717, 1.165) is 23.1 Å². The predicted octanol–water partition coefficient (Wildman–Crippen LogP) is 5.22. The maximum absolute atomic E-state index is 13.5. The lowest BCUT2D eigenvalue weighted by Crippen LogP contribution is -2.49. The maximum Gasteiger partial charge on any atom is 0.242 e. The molecule has 33 heavy (non-hydrogen) atoms. The minimum absolute atomic E-state index is 0.0472. The van der Waals surface area contributed by atoms with Crippen molar-refractivity contribution in [1.29, 1.82) is 0 Å². The summed E-state index contributed by atoms with van der Waals surface area (Å²) in [7, 11) is 1.61. The number of aryl methyl sites for hydroxylation is 2. The largest absolute Gasteiger partial charge is 0.357 e. The second-order valence-corrected chi connectivity index (χ2v) is 8.57. The van der Waals surface area contributed by atoms with Gasteiger partial charge in [-0.05, 0) is 47.2 Å². The van der Waals surface area contributed by atoms with Crippen LogP contribution in [-0.4, -0.2) is 29.8 Å². The molecule has 3 aromatic carbocycles. The van der Waals surface area contributed by atoms with E-state index in [-0.39, 0.29) is 11.8 Å². The molecule has 0 unspecified atom stereocenters. The Hall–Kier alpha value is -3.11. The first kappa shape index (κ1) is 24.5. The van der Waals surface area contributed by atoms with Crippen molar-refractivity contribution in [1.82, 2.24) is 10.2 Å². The molecule has 172 valence electrons. The summed E-state index contributed by atoms with van der Waals surface area (Å²) in [6, 6.07) is 25.0. The second-order valence-electron chi connectivity index (χ2n) is 8.14. The Morgan fingerprint density at radius 1 is 0.848 bits per heavy atom. The molecule has 3 aromatic rings. The Bertz CT molecular complexity index is 1030. The van der Waals surface area contributed by atoms with Crippen molar-refractivity contribution in [2.24, 2.45) is 0 Å². The quantitative estimate of drug-likeness (QED) is 0.449. The third kappa shape index (κ3) is 7.19. The third-order valence-corrected chi connectivity index (χ3v) is 6.09. The van der Waals surface area contributed by atoms with Crippen LogP contribution in [0.1, 0.15) is 35.6 Å². The van der Waals surface area contributed by atoms with Gasteiger partial charge in [0.1, 0.15) is 6.04 Å². The molecule has 3 rings (SSSR count). The van der Waals surface area contributed by atoms with Crippen LogP contribution in [0.4, 0.5) is 0 Å². The third-order valence-electron chi connectivity index (χ3n) is 5.84. The van der Waals surface area contributed by atoms with Gasteiger partial charge in [-0.1, -0.05) is 85.3 Å². The van der Waals surface area contributed by atoms with Crippen molar-refractivity contribution in [3.05, 3.63) is 106 Å². The summed E-state index contributed by atoms with van der Waals surface area (Å²) in [6.07, 6.45) is 2.40. The zero-order chi connectivity index (χ0) is 23.6. The fourth-order valence-electron chi connectivity index (χ4n) is 3.84. The molecule has 0 aliphatic heterocycles. The normalized spacial score (nSPS) is 11.6. The highest BCUT2D eigenvalue weighted by molar-refractivity contribution is 6.30. The molecular weight excluding hydrogens is 432 g/mol. The van der Waals surface area contributed by atoms with Crippen LogP contribution >= 0.6 is 11.6 Å². The molecule has 0 radical (unpaired) electrons. The van der Waals surface area contributed by atoms with Crippen LogP contribution in [0.5, 0.6) is 0 Å². The lowest BCUT2D eigenvalue weighted by Gasteiger charge is -2.31. The monoisotopic (exact) mass is 462 g/mol. The molecule has 0 aromatic heterocycles. The molecule has 1 N–H and O–H groups in total. The summed E-state index contributed by atoms with van der Waals surface area (Å²) >= 11 is 6.05. The van der Waals surface area contributed by atoms with E-state index >= 15 is 0 Å². The van der Waals surface area contributed by atoms with Crippen molar-refractivity contribution >= 4 is 23.4 Å². The first-order valence-corrected chi connectivity index (χ1v) is 11.7. The standard InChI is InChI=1S/C28H31ClN2O2/c1-3-21-9-11-22(12-10-21)15-18-27(32)31(20-24-13-16-25(29)17-14-24)26(28(33)30-2)19-23-7-5-4-6-8-23/h4-14,16-17,26H,3,15,18-20H2,1-2H3,(H,30,33)/t26-/m1/s1. The first-order valence-electron chi connectivity index (χ1n) is 11.4. The van der Waals surface area contributed by atoms with Crippen LogP contribution in [0.2, 0.25) is 5.02 Å². The van der Waals surface area contributed by atoms with Crippen molar-refractivity contribution in [2.45, 2.75) is 45.2 Å². The van der Waals surface area contributed by atoms with Crippen LogP contribution in [-0.2, 0) is 35.4 Å². The molecule has 0 saturated carbocycles. The van der Waals surface area contributed by atoms with E-state index in [2.05, 4.69) is 36.5 Å². The van der Waals surface area contributed by atoms with Crippen LogP contribution in [0, 0.1) is 0 Å². The fraction of sp³-hybridized carbons (Fsp3) is 0.286. The van der Waals surface area contributed by atoms with Crippen molar-refractivity contribution < 1.29 is 9.59 Å². The van der Waals surface area contributed by atoms with E-state index in [1.54, 1.807) is 24.1 Å². The Balaban J connectivity index is 1.84. The van der Waals surface area contributed by atoms with Crippen LogP contribution in [0.25, 0.3) is 0 Å². The highest BCUT2D eigenvalue weighted by Gasteiger charge is 2.29. The van der Waals surface area contributed by atoms with Gasteiger partial charge in [-0.25, -0.2) is 0 Å². The number of nitrogens with one attached hydrogen (secondary N) is 1. The van der Waals surface area contributed by atoms with E-state index in [4.69, 9.17) is 11.6 Å². The predicted molar refractivity (Wildman–Crippen MR) is 134 cm³/mol. The average Bonchev–Trinajstić information content (AvgIpc) is 2.86. The van der Waals surface area contributed by atoms with Gasteiger partial charge >= 0.3 is 0 Å². The van der Waals surface area contributed by atoms with E-state index in [9.17, 15) is 9.59 Å². The first-order chi connectivity index (χ1) is 16.0. The summed E-state index contributed by atoms with van der Waals surface area (Å²) in [4.78, 5) is 28.1. The number of halogens is 1. The molecule has 5 heteroatoms. The van der Waals surface area contributed by atoms with Crippen LogP contribution in [0.15, 0.2) is 78.9 Å². The van der Waals surface area contributed by atoms with Crippen molar-refractivity contribution in [2.75, 3.05) is 7.05 Å². The summed E-state index contributed by atoms with van der Waals surface area (Å²) in [6.45, 7) is 2.47. The maximum atomic E-state index is 13.5. The highest BCUT2D eigenvalue weighted by Crippen LogP contribution is 2.18. The van der Waals surface area contributed by atoms with Gasteiger partial charge in [-0.15, -0.1) is 0 Å². The number of nitrogens with zero attached hydrogens (tertiary/aromatic N) is 1. The molecule has 2 amide bonds. The second kappa shape index (κ2) is 12.2. The zero-order valence-electron chi connectivity index (χ0n) is 19.3. The van der Waals surface area contributed by atoms with Crippen LogP contribution in [0.3, 0.4) is 0 Å². The minimum Gasteiger partial charge on any atom is -0.357 e. The Kier molecular flexibility index (Phi) is 9.08. The van der Waals surface area contributed by atoms with Gasteiger partial charge < -0.3 is 10.2 Å². The summed E-state index contributed by atoms with van der Waals surface area (Å²) < 4.78 is 0. The van der Waals surface area contributed by atoms with Gasteiger partial charge in [0.05, 0.1) is 0 Å². The molecule has 0 aliphatic carbocycles. The zero-order valence-corrected chi connectivity index (χ0v) is 20.0. The van der Waals surface area contributed by atoms with Crippen LogP contribution < -0.4 is 5.32 Å². The lowest BCUT2D eigenvalue weighted by molar-refractivity contribution is -0.141. The molecule has 0 saturated heterocycles. The average molecular weight is 463 g/mol. The number of benzene rings is 3. The number of carbonyl (C=O) groups is 2. The van der Waals surface area contributed by atoms with Gasteiger partial charge in [-0.2, -0.15) is 0 Å². The molecule has 0 spiro atoms. The number of hydrogen-bond acceptors (Lipinski definition) is 2. The Morgan fingerprint density at radius 3 is 2.06 bits per heavy atom. The van der Waals surface area contributed by atoms with E-state index in [0.29, 0.717) is 30.8 Å². The van der Waals surface area contributed by atoms with E-state index < -0.39 is 6.04 Å². The molecule has 4 nitrogen and oxygen atoms in total. The van der Waals surface area contributed by atoms with Gasteiger partial charge in [0.2, 0.25) is 11.8 Å². The van der Waals surface area contributed by atoms with Gasteiger partial charge in [-0.3, -0.25) is 9.59 Å². The number of hydrogen-bond donors (Lipinski definition) is 1. The lowest BCUT2D eigenvalue weighted by atomic mass is 10.0. The van der Waals surface area contributed by atoms with Crippen molar-refractivity contribution in [3.63, 3.8) is 0 Å². The molecular formula is C28H31ClN2O2. The SMILES string of the molecule is CCc1ccc(CCC(=O)N(Cc2ccc(Cl)cc2)[C@H](Cc2ccccc2)C(=O)NC)cc1. The number of amides is 2. The number of likely N-dealkylation sites (N-methyl/N-ethyl adjacent to an activating group) is 1. The number of carbonyl (C=O) groups excluding carboxylic acids is 2.